The van der Waals surface area contributed by atoms with Gasteiger partial charge in [0.05, 0.1) is 0 Å². The molecule has 0 amide bonds. The highest BCUT2D eigenvalue weighted by Gasteiger charge is 2.03. The second-order valence-corrected chi connectivity index (χ2v) is 8.40. The van der Waals surface area contributed by atoms with Gasteiger partial charge in [0.2, 0.25) is 0 Å². The second kappa shape index (κ2) is 7.74. The minimum atomic E-state index is 1.32. The van der Waals surface area contributed by atoms with E-state index < -0.39 is 0 Å². The van der Waals surface area contributed by atoms with E-state index in [1.807, 2.05) is 21.6 Å². The van der Waals surface area contributed by atoms with Crippen LogP contribution in [-0.2, 0) is 0 Å². The van der Waals surface area contributed by atoms with Gasteiger partial charge in [-0.15, -0.1) is 23.5 Å². The Morgan fingerprint density at radius 2 is 1.05 bits per heavy atom. The fourth-order valence-corrected chi connectivity index (χ4v) is 5.16. The van der Waals surface area contributed by atoms with E-state index in [1.165, 1.54) is 30.7 Å². The molecule has 0 N–H and O–H groups in total. The number of rotatable bonds is 5. The summed E-state index contributed by atoms with van der Waals surface area (Å²) in [6, 6.07) is 13.4. The molecule has 106 valence electrons. The fourth-order valence-electron chi connectivity index (χ4n) is 1.90. The van der Waals surface area contributed by atoms with Crippen LogP contribution >= 0.6 is 45.1 Å². The van der Waals surface area contributed by atoms with Crippen LogP contribution in [0.3, 0.4) is 0 Å². The van der Waals surface area contributed by atoms with Gasteiger partial charge in [0, 0.05) is 19.6 Å². The van der Waals surface area contributed by atoms with Crippen LogP contribution in [-0.4, -0.2) is 12.5 Å². The predicted octanol–water partition coefficient (Wildman–Crippen LogP) is 6.55. The van der Waals surface area contributed by atoms with E-state index >= 15 is 0 Å². The Hall–Kier alpha value is -0.160. The molecule has 0 nitrogen and oxygen atoms in total. The third kappa shape index (κ3) is 4.17. The van der Waals surface area contributed by atoms with Crippen LogP contribution in [0.1, 0.15) is 11.1 Å². The summed E-state index contributed by atoms with van der Waals surface area (Å²) < 4.78 is 0. The van der Waals surface area contributed by atoms with Gasteiger partial charge < -0.3 is 0 Å². The summed E-state index contributed by atoms with van der Waals surface area (Å²) in [4.78, 5) is 5.35. The molecule has 0 aliphatic heterocycles. The van der Waals surface area contributed by atoms with Crippen molar-refractivity contribution in [2.24, 2.45) is 0 Å². The van der Waals surface area contributed by atoms with E-state index in [0.717, 1.165) is 0 Å². The maximum absolute atomic E-state index is 2.27. The first kappa shape index (κ1) is 16.2. The molecular weight excluding hydrogens is 320 g/mol. The van der Waals surface area contributed by atoms with Crippen LogP contribution in [0, 0.1) is 13.8 Å². The molecule has 0 radical (unpaired) electrons. The Labute approximate surface area is 138 Å². The standard InChI is InChI=1S/C16H18S4/c1-11-9-13(5-7-15(11)17-3)19-20-14-6-8-16(18-4)12(2)10-14/h5-10H,1-4H3. The summed E-state index contributed by atoms with van der Waals surface area (Å²) in [5.41, 5.74) is 2.72. The molecule has 2 aromatic rings. The molecule has 0 aromatic heterocycles. The maximum atomic E-state index is 2.27. The predicted molar refractivity (Wildman–Crippen MR) is 97.6 cm³/mol. The van der Waals surface area contributed by atoms with Gasteiger partial charge in [-0.1, -0.05) is 21.6 Å². The summed E-state index contributed by atoms with van der Waals surface area (Å²) in [6.45, 7) is 4.36. The lowest BCUT2D eigenvalue weighted by Crippen LogP contribution is -1.80. The van der Waals surface area contributed by atoms with Crippen LogP contribution in [0.2, 0.25) is 0 Å². The lowest BCUT2D eigenvalue weighted by molar-refractivity contribution is 1.24. The minimum Gasteiger partial charge on any atom is -0.129 e. The summed E-state index contributed by atoms with van der Waals surface area (Å²) in [5.74, 6) is 0. The lowest BCUT2D eigenvalue weighted by Gasteiger charge is -2.07. The van der Waals surface area contributed by atoms with Gasteiger partial charge in [-0.25, -0.2) is 0 Å². The Morgan fingerprint density at radius 3 is 1.35 bits per heavy atom. The number of hydrogen-bond donors (Lipinski definition) is 0. The average Bonchev–Trinajstić information content (AvgIpc) is 2.45. The van der Waals surface area contributed by atoms with Gasteiger partial charge in [0.1, 0.15) is 0 Å². The maximum Gasteiger partial charge on any atom is 0.0189 e. The minimum absolute atomic E-state index is 1.32. The Morgan fingerprint density at radius 1 is 0.650 bits per heavy atom. The van der Waals surface area contributed by atoms with Crippen molar-refractivity contribution in [3.05, 3.63) is 47.5 Å². The Balaban J connectivity index is 2.05. The van der Waals surface area contributed by atoms with Crippen molar-refractivity contribution in [3.8, 4) is 0 Å². The van der Waals surface area contributed by atoms with Crippen molar-refractivity contribution < 1.29 is 0 Å². The van der Waals surface area contributed by atoms with E-state index in [0.29, 0.717) is 0 Å². The Kier molecular flexibility index (Phi) is 6.27. The summed E-state index contributed by atoms with van der Waals surface area (Å²) >= 11 is 3.61. The van der Waals surface area contributed by atoms with Crippen LogP contribution < -0.4 is 0 Å². The molecule has 0 bridgehead atoms. The van der Waals surface area contributed by atoms with Crippen molar-refractivity contribution in [2.75, 3.05) is 12.5 Å². The van der Waals surface area contributed by atoms with Crippen LogP contribution in [0.25, 0.3) is 0 Å². The molecule has 4 heteroatoms. The number of thioether (sulfide) groups is 2. The zero-order chi connectivity index (χ0) is 14.5. The van der Waals surface area contributed by atoms with Crippen molar-refractivity contribution in [1.29, 1.82) is 0 Å². The first-order valence-corrected chi connectivity index (χ1v) is 10.9. The monoisotopic (exact) mass is 338 g/mol. The van der Waals surface area contributed by atoms with Gasteiger partial charge in [0.25, 0.3) is 0 Å². The average molecular weight is 339 g/mol. The van der Waals surface area contributed by atoms with E-state index in [-0.39, 0.29) is 0 Å². The largest absolute Gasteiger partial charge is 0.129 e. The smallest absolute Gasteiger partial charge is 0.0189 e. The molecule has 0 aliphatic rings. The third-order valence-electron chi connectivity index (χ3n) is 2.97. The molecule has 0 saturated carbocycles. The molecule has 0 fully saturated rings. The van der Waals surface area contributed by atoms with E-state index in [1.54, 1.807) is 23.5 Å². The summed E-state index contributed by atoms with van der Waals surface area (Å²) in [6.07, 6.45) is 4.25. The van der Waals surface area contributed by atoms with Gasteiger partial charge in [-0.2, -0.15) is 0 Å². The van der Waals surface area contributed by atoms with Crippen molar-refractivity contribution in [3.63, 3.8) is 0 Å². The summed E-state index contributed by atoms with van der Waals surface area (Å²) in [7, 11) is 3.66. The lowest BCUT2D eigenvalue weighted by atomic mass is 10.2. The molecule has 0 atom stereocenters. The van der Waals surface area contributed by atoms with Crippen molar-refractivity contribution in [1.82, 2.24) is 0 Å². The van der Waals surface area contributed by atoms with Gasteiger partial charge in [-0.3, -0.25) is 0 Å². The van der Waals surface area contributed by atoms with Crippen molar-refractivity contribution in [2.45, 2.75) is 33.4 Å². The molecule has 2 rings (SSSR count). The number of benzene rings is 2. The number of hydrogen-bond acceptors (Lipinski definition) is 4. The quantitative estimate of drug-likeness (QED) is 0.448. The molecule has 2 aromatic carbocycles. The van der Waals surface area contributed by atoms with E-state index in [9.17, 15) is 0 Å². The van der Waals surface area contributed by atoms with Gasteiger partial charge in [-0.05, 0) is 73.9 Å². The number of aryl methyl sites for hydroxylation is 2. The normalized spacial score (nSPS) is 10.8. The Bertz CT molecular complexity index is 540. The summed E-state index contributed by atoms with van der Waals surface area (Å²) in [5, 5.41) is 0. The molecule has 0 spiro atoms. The molecule has 20 heavy (non-hydrogen) atoms. The van der Waals surface area contributed by atoms with Crippen molar-refractivity contribution >= 4 is 45.1 Å². The molecular formula is C16H18S4. The van der Waals surface area contributed by atoms with Gasteiger partial charge in [0.15, 0.2) is 0 Å². The van der Waals surface area contributed by atoms with Crippen LogP contribution in [0.5, 0.6) is 0 Å². The second-order valence-electron chi connectivity index (χ2n) is 4.43. The highest BCUT2D eigenvalue weighted by atomic mass is 33.1. The first-order valence-electron chi connectivity index (χ1n) is 6.28. The van der Waals surface area contributed by atoms with E-state index in [4.69, 9.17) is 0 Å². The first-order chi connectivity index (χ1) is 9.63. The molecule has 0 unspecified atom stereocenters. The van der Waals surface area contributed by atoms with Crippen LogP contribution in [0.15, 0.2) is 56.0 Å². The highest BCUT2D eigenvalue weighted by molar-refractivity contribution is 8.76. The topological polar surface area (TPSA) is 0 Å². The van der Waals surface area contributed by atoms with Crippen LogP contribution in [0.4, 0.5) is 0 Å². The third-order valence-corrected chi connectivity index (χ3v) is 7.14. The molecule has 0 aliphatic carbocycles. The zero-order valence-electron chi connectivity index (χ0n) is 12.1. The van der Waals surface area contributed by atoms with E-state index in [2.05, 4.69) is 62.8 Å². The molecule has 0 saturated heterocycles. The molecule has 0 heterocycles. The fraction of sp³-hybridized carbons (Fsp3) is 0.250. The van der Waals surface area contributed by atoms with Gasteiger partial charge >= 0.3 is 0 Å². The SMILES string of the molecule is CSc1ccc(SSc2ccc(SC)c(C)c2)cc1C. The highest BCUT2D eigenvalue weighted by Crippen LogP contribution is 2.39. The zero-order valence-corrected chi connectivity index (χ0v) is 15.4.